The van der Waals surface area contributed by atoms with Gasteiger partial charge in [0.05, 0.1) is 12.1 Å². The maximum atomic E-state index is 11.5. The predicted molar refractivity (Wildman–Crippen MR) is 52.3 cm³/mol. The highest BCUT2D eigenvalue weighted by atomic mass is 16.2. The van der Waals surface area contributed by atoms with E-state index in [2.05, 4.69) is 4.98 Å². The van der Waals surface area contributed by atoms with Crippen molar-refractivity contribution in [1.82, 2.24) is 9.88 Å². The van der Waals surface area contributed by atoms with Crippen LogP contribution in [0.2, 0.25) is 0 Å². The lowest BCUT2D eigenvalue weighted by Gasteiger charge is -2.19. The van der Waals surface area contributed by atoms with Crippen molar-refractivity contribution < 1.29 is 4.79 Å². The van der Waals surface area contributed by atoms with Crippen molar-refractivity contribution in [3.63, 3.8) is 0 Å². The van der Waals surface area contributed by atoms with Crippen LogP contribution in [0, 0.1) is 0 Å². The van der Waals surface area contributed by atoms with Crippen LogP contribution >= 0.6 is 0 Å². The molecule has 0 aliphatic carbocycles. The number of hydrogen-bond acceptors (Lipinski definition) is 3. The van der Waals surface area contributed by atoms with Gasteiger partial charge < -0.3 is 10.6 Å². The summed E-state index contributed by atoms with van der Waals surface area (Å²) >= 11 is 0. The van der Waals surface area contributed by atoms with Gasteiger partial charge in [0.25, 0.3) is 0 Å². The van der Waals surface area contributed by atoms with Gasteiger partial charge >= 0.3 is 0 Å². The molecule has 0 saturated carbocycles. The Balaban J connectivity index is 2.26. The molecule has 1 aliphatic rings. The number of likely N-dealkylation sites (N-methyl/N-ethyl adjacent to an activating group) is 1. The first-order valence-corrected chi connectivity index (χ1v) is 4.62. The molecule has 2 N–H and O–H groups in total. The molecular formula is C10H13N3O. The third-order valence-corrected chi connectivity index (χ3v) is 2.68. The van der Waals surface area contributed by atoms with Crippen molar-refractivity contribution in [2.24, 2.45) is 5.73 Å². The van der Waals surface area contributed by atoms with Gasteiger partial charge in [0.15, 0.2) is 0 Å². The number of amides is 1. The highest BCUT2D eigenvalue weighted by Crippen LogP contribution is 2.29. The number of aromatic nitrogens is 1. The number of pyridine rings is 1. The number of nitrogens with zero attached hydrogens (tertiary/aromatic N) is 2. The zero-order valence-corrected chi connectivity index (χ0v) is 8.05. The van der Waals surface area contributed by atoms with Crippen LogP contribution in [0.25, 0.3) is 0 Å². The number of rotatable bonds is 1. The minimum absolute atomic E-state index is 0.0128. The lowest BCUT2D eigenvalue weighted by Crippen LogP contribution is -2.31. The number of likely N-dealkylation sites (tertiary alicyclic amines) is 1. The first kappa shape index (κ1) is 9.15. The van der Waals surface area contributed by atoms with Crippen LogP contribution in [0.3, 0.4) is 0 Å². The maximum absolute atomic E-state index is 11.5. The minimum atomic E-state index is -0.356. The second kappa shape index (κ2) is 3.38. The zero-order chi connectivity index (χ0) is 10.1. The molecule has 4 nitrogen and oxygen atoms in total. The number of hydrogen-bond donors (Lipinski definition) is 1. The summed E-state index contributed by atoms with van der Waals surface area (Å²) in [5, 5.41) is 0. The average molecular weight is 191 g/mol. The standard InChI is InChI=1S/C10H13N3O/c1-13-9(5-8(11)10(13)14)7-3-2-4-12-6-7/h2-4,6,8-9H,5,11H2,1H3/t8-,9+/m0/s1. The van der Waals surface area contributed by atoms with Crippen LogP contribution in [0.1, 0.15) is 18.0 Å². The monoisotopic (exact) mass is 191 g/mol. The Morgan fingerprint density at radius 3 is 2.93 bits per heavy atom. The van der Waals surface area contributed by atoms with Crippen LogP contribution in [0.5, 0.6) is 0 Å². The van der Waals surface area contributed by atoms with E-state index in [-0.39, 0.29) is 18.0 Å². The molecule has 1 fully saturated rings. The Bertz CT molecular complexity index is 338. The highest BCUT2D eigenvalue weighted by Gasteiger charge is 2.35. The third-order valence-electron chi connectivity index (χ3n) is 2.68. The number of carbonyl (C=O) groups excluding carboxylic acids is 1. The van der Waals surface area contributed by atoms with Crippen molar-refractivity contribution in [3.05, 3.63) is 30.1 Å². The Labute approximate surface area is 82.7 Å². The molecule has 1 amide bonds. The van der Waals surface area contributed by atoms with Crippen molar-refractivity contribution >= 4 is 5.91 Å². The zero-order valence-electron chi connectivity index (χ0n) is 8.05. The molecule has 4 heteroatoms. The van der Waals surface area contributed by atoms with Gasteiger partial charge in [-0.2, -0.15) is 0 Å². The van der Waals surface area contributed by atoms with Crippen molar-refractivity contribution in [3.8, 4) is 0 Å². The molecular weight excluding hydrogens is 178 g/mol. The second-order valence-corrected chi connectivity index (χ2v) is 3.59. The van der Waals surface area contributed by atoms with Gasteiger partial charge in [-0.25, -0.2) is 0 Å². The summed E-state index contributed by atoms with van der Waals surface area (Å²) in [4.78, 5) is 17.2. The van der Waals surface area contributed by atoms with Gasteiger partial charge in [0.1, 0.15) is 0 Å². The van der Waals surface area contributed by atoms with E-state index in [1.54, 1.807) is 24.3 Å². The van der Waals surface area contributed by atoms with Crippen LogP contribution in [0.4, 0.5) is 0 Å². The van der Waals surface area contributed by atoms with Crippen molar-refractivity contribution in [2.75, 3.05) is 7.05 Å². The number of nitrogens with two attached hydrogens (primary N) is 1. The molecule has 0 bridgehead atoms. The molecule has 0 radical (unpaired) electrons. The van der Waals surface area contributed by atoms with Crippen molar-refractivity contribution in [2.45, 2.75) is 18.5 Å². The van der Waals surface area contributed by atoms with Crippen LogP contribution in [0.15, 0.2) is 24.5 Å². The summed E-state index contributed by atoms with van der Waals surface area (Å²) in [5.41, 5.74) is 6.74. The summed E-state index contributed by atoms with van der Waals surface area (Å²) in [6, 6.07) is 3.58. The summed E-state index contributed by atoms with van der Waals surface area (Å²) < 4.78 is 0. The van der Waals surface area contributed by atoms with Crippen LogP contribution in [-0.2, 0) is 4.79 Å². The van der Waals surface area contributed by atoms with E-state index in [0.29, 0.717) is 6.42 Å². The van der Waals surface area contributed by atoms with E-state index in [0.717, 1.165) is 5.56 Å². The Hall–Kier alpha value is -1.42. The fourth-order valence-corrected chi connectivity index (χ4v) is 1.85. The normalized spacial score (nSPS) is 27.0. The van der Waals surface area contributed by atoms with E-state index in [1.165, 1.54) is 0 Å². The second-order valence-electron chi connectivity index (χ2n) is 3.59. The van der Waals surface area contributed by atoms with Crippen LogP contribution in [-0.4, -0.2) is 28.9 Å². The highest BCUT2D eigenvalue weighted by molar-refractivity contribution is 5.84. The largest absolute Gasteiger partial charge is 0.337 e. The topological polar surface area (TPSA) is 59.2 Å². The van der Waals surface area contributed by atoms with Gasteiger partial charge in [-0.15, -0.1) is 0 Å². The Kier molecular flexibility index (Phi) is 2.21. The smallest absolute Gasteiger partial charge is 0.239 e. The first-order chi connectivity index (χ1) is 6.70. The molecule has 2 atom stereocenters. The molecule has 2 rings (SSSR count). The van der Waals surface area contributed by atoms with Gasteiger partial charge in [0.2, 0.25) is 5.91 Å². The van der Waals surface area contributed by atoms with E-state index in [4.69, 9.17) is 5.73 Å². The predicted octanol–water partition coefficient (Wildman–Crippen LogP) is 0.312. The van der Waals surface area contributed by atoms with Gasteiger partial charge in [-0.3, -0.25) is 9.78 Å². The number of carbonyl (C=O) groups is 1. The molecule has 74 valence electrons. The molecule has 0 spiro atoms. The van der Waals surface area contributed by atoms with E-state index in [9.17, 15) is 4.79 Å². The molecule has 0 unspecified atom stereocenters. The average Bonchev–Trinajstić information content (AvgIpc) is 2.47. The molecule has 1 aliphatic heterocycles. The van der Waals surface area contributed by atoms with Gasteiger partial charge in [-0.05, 0) is 18.1 Å². The Morgan fingerprint density at radius 2 is 2.43 bits per heavy atom. The van der Waals surface area contributed by atoms with Gasteiger partial charge in [0, 0.05) is 19.4 Å². The lowest BCUT2D eigenvalue weighted by atomic mass is 10.1. The fourth-order valence-electron chi connectivity index (χ4n) is 1.85. The molecule has 0 aromatic carbocycles. The quantitative estimate of drug-likeness (QED) is 0.695. The fraction of sp³-hybridized carbons (Fsp3) is 0.400. The summed E-state index contributed by atoms with van der Waals surface area (Å²) in [7, 11) is 1.78. The molecule has 2 heterocycles. The minimum Gasteiger partial charge on any atom is -0.337 e. The summed E-state index contributed by atoms with van der Waals surface area (Å²) in [5.74, 6) is 0.0128. The third kappa shape index (κ3) is 1.37. The summed E-state index contributed by atoms with van der Waals surface area (Å²) in [6.45, 7) is 0. The van der Waals surface area contributed by atoms with E-state index < -0.39 is 0 Å². The molecule has 1 aromatic rings. The van der Waals surface area contributed by atoms with Crippen LogP contribution < -0.4 is 5.73 Å². The van der Waals surface area contributed by atoms with E-state index >= 15 is 0 Å². The van der Waals surface area contributed by atoms with Gasteiger partial charge in [-0.1, -0.05) is 6.07 Å². The SMILES string of the molecule is CN1C(=O)[C@@H](N)C[C@@H]1c1cccnc1. The molecule has 14 heavy (non-hydrogen) atoms. The van der Waals surface area contributed by atoms with Crippen molar-refractivity contribution in [1.29, 1.82) is 0 Å². The molecule has 1 aromatic heterocycles. The lowest BCUT2D eigenvalue weighted by molar-refractivity contribution is -0.128. The molecule has 1 saturated heterocycles. The first-order valence-electron chi connectivity index (χ1n) is 4.62. The maximum Gasteiger partial charge on any atom is 0.239 e. The Morgan fingerprint density at radius 1 is 1.64 bits per heavy atom. The summed E-state index contributed by atoms with van der Waals surface area (Å²) in [6.07, 6.45) is 4.19. The van der Waals surface area contributed by atoms with E-state index in [1.807, 2.05) is 12.1 Å².